The number of para-hydroxylation sites is 1. The predicted molar refractivity (Wildman–Crippen MR) is 112 cm³/mol. The summed E-state index contributed by atoms with van der Waals surface area (Å²) in [5.74, 6) is 6.64. The fourth-order valence-corrected chi connectivity index (χ4v) is 3.32. The molecule has 146 valence electrons. The van der Waals surface area contributed by atoms with Crippen LogP contribution < -0.4 is 10.9 Å². The molecular weight excluding hydrogens is 367 g/mol. The van der Waals surface area contributed by atoms with Gasteiger partial charge in [-0.25, -0.2) is 20.2 Å². The Morgan fingerprint density at radius 3 is 2.69 bits per heavy atom. The molecule has 1 aromatic carbocycles. The van der Waals surface area contributed by atoms with E-state index in [9.17, 15) is 4.39 Å². The molecule has 0 aliphatic heterocycles. The van der Waals surface area contributed by atoms with E-state index in [1.54, 1.807) is 11.2 Å². The smallest absolute Gasteiger partial charge is 0.146 e. The molecule has 7 heteroatoms. The molecule has 0 saturated heterocycles. The Labute approximate surface area is 168 Å². The fraction of sp³-hybridized carbons (Fsp3) is 0.182. The number of aromatic nitrogens is 4. The van der Waals surface area contributed by atoms with Crippen molar-refractivity contribution >= 4 is 16.7 Å². The van der Waals surface area contributed by atoms with Gasteiger partial charge < -0.3 is 0 Å². The number of hydrazine groups is 1. The summed E-state index contributed by atoms with van der Waals surface area (Å²) >= 11 is 0. The van der Waals surface area contributed by atoms with Gasteiger partial charge in [0.25, 0.3) is 0 Å². The molecule has 6 nitrogen and oxygen atoms in total. The van der Waals surface area contributed by atoms with E-state index in [1.807, 2.05) is 43.3 Å². The number of hydrogen-bond acceptors (Lipinski definition) is 6. The molecule has 29 heavy (non-hydrogen) atoms. The van der Waals surface area contributed by atoms with Gasteiger partial charge in [-0.1, -0.05) is 25.1 Å². The number of nitrogens with two attached hydrogens (primary N) is 1. The normalized spacial score (nSPS) is 12.1. The molecule has 0 amide bonds. The summed E-state index contributed by atoms with van der Waals surface area (Å²) in [5.41, 5.74) is 4.40. The quantitative estimate of drug-likeness (QED) is 0.411. The lowest BCUT2D eigenvalue weighted by Crippen LogP contribution is -2.35. The van der Waals surface area contributed by atoms with Gasteiger partial charge in [0.05, 0.1) is 17.4 Å². The van der Waals surface area contributed by atoms with Crippen LogP contribution in [0.15, 0.2) is 61.2 Å². The molecular formula is C22H21FN6. The van der Waals surface area contributed by atoms with Crippen molar-refractivity contribution in [3.63, 3.8) is 0 Å². The van der Waals surface area contributed by atoms with E-state index in [4.69, 9.17) is 5.84 Å². The first kappa shape index (κ1) is 18.9. The summed E-state index contributed by atoms with van der Waals surface area (Å²) in [5, 5.41) is 2.37. The van der Waals surface area contributed by atoms with Crippen molar-refractivity contribution in [3.05, 3.63) is 78.3 Å². The first-order valence-corrected chi connectivity index (χ1v) is 9.33. The number of benzene rings is 1. The number of fused-ring (bicyclic) bond motifs is 1. The summed E-state index contributed by atoms with van der Waals surface area (Å²) in [7, 11) is 0. The van der Waals surface area contributed by atoms with Crippen molar-refractivity contribution in [1.29, 1.82) is 0 Å². The molecule has 0 aliphatic carbocycles. The lowest BCUT2D eigenvalue weighted by Gasteiger charge is -2.23. The van der Waals surface area contributed by atoms with E-state index >= 15 is 0 Å². The molecule has 0 radical (unpaired) electrons. The zero-order valence-electron chi connectivity index (χ0n) is 16.2. The highest BCUT2D eigenvalue weighted by molar-refractivity contribution is 5.82. The molecule has 4 aromatic rings. The molecule has 3 heterocycles. The van der Waals surface area contributed by atoms with Gasteiger partial charge in [0.2, 0.25) is 0 Å². The van der Waals surface area contributed by atoms with E-state index in [-0.39, 0.29) is 11.7 Å². The Kier molecular flexibility index (Phi) is 5.14. The summed E-state index contributed by atoms with van der Waals surface area (Å²) < 4.78 is 13.5. The highest BCUT2D eigenvalue weighted by Gasteiger charge is 2.15. The molecule has 2 N–H and O–H groups in total. The summed E-state index contributed by atoms with van der Waals surface area (Å²) in [6.45, 7) is 4.52. The van der Waals surface area contributed by atoms with Crippen LogP contribution in [0.4, 0.5) is 10.2 Å². The third-order valence-electron chi connectivity index (χ3n) is 4.86. The van der Waals surface area contributed by atoms with Crippen LogP contribution >= 0.6 is 0 Å². The van der Waals surface area contributed by atoms with Crippen LogP contribution in [-0.4, -0.2) is 26.5 Å². The Bertz CT molecular complexity index is 1150. The van der Waals surface area contributed by atoms with Gasteiger partial charge in [-0.05, 0) is 30.7 Å². The number of pyridine rings is 2. The second-order valence-corrected chi connectivity index (χ2v) is 7.08. The van der Waals surface area contributed by atoms with Crippen LogP contribution in [0.25, 0.3) is 22.2 Å². The number of anilines is 1. The average Bonchev–Trinajstić information content (AvgIpc) is 2.73. The first-order valence-electron chi connectivity index (χ1n) is 9.33. The van der Waals surface area contributed by atoms with Crippen molar-refractivity contribution < 1.29 is 4.39 Å². The lowest BCUT2D eigenvalue weighted by molar-refractivity contribution is 0.624. The minimum atomic E-state index is -0.345. The van der Waals surface area contributed by atoms with Crippen molar-refractivity contribution in [1.82, 2.24) is 19.9 Å². The van der Waals surface area contributed by atoms with E-state index in [0.29, 0.717) is 12.4 Å². The third kappa shape index (κ3) is 4.05. The van der Waals surface area contributed by atoms with Crippen molar-refractivity contribution in [2.75, 3.05) is 11.6 Å². The predicted octanol–water partition coefficient (Wildman–Crippen LogP) is 4.02. The number of halogens is 1. The van der Waals surface area contributed by atoms with E-state index in [0.717, 1.165) is 33.4 Å². The second-order valence-electron chi connectivity index (χ2n) is 7.08. The molecule has 0 fully saturated rings. The molecule has 1 atom stereocenters. The van der Waals surface area contributed by atoms with Crippen LogP contribution in [0, 0.1) is 12.7 Å². The van der Waals surface area contributed by atoms with Gasteiger partial charge in [0, 0.05) is 41.4 Å². The molecule has 3 aromatic heterocycles. The Morgan fingerprint density at radius 2 is 1.90 bits per heavy atom. The van der Waals surface area contributed by atoms with Crippen LogP contribution in [0.5, 0.6) is 0 Å². The van der Waals surface area contributed by atoms with Crippen LogP contribution in [0.3, 0.4) is 0 Å². The van der Waals surface area contributed by atoms with Gasteiger partial charge in [-0.2, -0.15) is 0 Å². The molecule has 0 spiro atoms. The minimum absolute atomic E-state index is 0.0566. The lowest BCUT2D eigenvalue weighted by atomic mass is 9.97. The third-order valence-corrected chi connectivity index (χ3v) is 4.86. The van der Waals surface area contributed by atoms with E-state index in [1.165, 1.54) is 18.6 Å². The Morgan fingerprint density at radius 1 is 1.03 bits per heavy atom. The number of hydrogen-bond donors (Lipinski definition) is 1. The highest BCUT2D eigenvalue weighted by atomic mass is 19.1. The van der Waals surface area contributed by atoms with Gasteiger partial charge >= 0.3 is 0 Å². The SMILES string of the molecule is Cc1ccc(-c2cc(N(N)CC(C)c3cccc4cc(F)cnc34)ncn2)cn1. The summed E-state index contributed by atoms with van der Waals surface area (Å²) in [6.07, 6.45) is 4.52. The maximum Gasteiger partial charge on any atom is 0.146 e. The van der Waals surface area contributed by atoms with Gasteiger partial charge in [0.1, 0.15) is 18.0 Å². The number of rotatable bonds is 5. The summed E-state index contributed by atoms with van der Waals surface area (Å²) in [4.78, 5) is 17.2. The Balaban J connectivity index is 1.57. The molecule has 0 aliphatic rings. The number of nitrogens with zero attached hydrogens (tertiary/aromatic N) is 5. The van der Waals surface area contributed by atoms with Gasteiger partial charge in [-0.15, -0.1) is 0 Å². The van der Waals surface area contributed by atoms with E-state index in [2.05, 4.69) is 26.9 Å². The highest BCUT2D eigenvalue weighted by Crippen LogP contribution is 2.26. The zero-order valence-corrected chi connectivity index (χ0v) is 16.2. The topological polar surface area (TPSA) is 80.8 Å². The standard InChI is InChI=1S/C22H21FN6/c1-14(19-5-3-4-16-8-18(23)11-26-22(16)19)12-29(24)21-9-20(27-13-28-21)17-7-6-15(2)25-10-17/h3-11,13-14H,12,24H2,1-2H3. The van der Waals surface area contributed by atoms with Crippen LogP contribution in [0.2, 0.25) is 0 Å². The van der Waals surface area contributed by atoms with Gasteiger partial charge in [-0.3, -0.25) is 15.0 Å². The minimum Gasteiger partial charge on any atom is -0.294 e. The average molecular weight is 388 g/mol. The van der Waals surface area contributed by atoms with Crippen LogP contribution in [-0.2, 0) is 0 Å². The summed E-state index contributed by atoms with van der Waals surface area (Å²) in [6, 6.07) is 13.0. The Hall–Kier alpha value is -3.45. The molecule has 1 unspecified atom stereocenters. The largest absolute Gasteiger partial charge is 0.294 e. The van der Waals surface area contributed by atoms with Crippen LogP contribution in [0.1, 0.15) is 24.1 Å². The first-order chi connectivity index (χ1) is 14.0. The zero-order chi connectivity index (χ0) is 20.4. The monoisotopic (exact) mass is 388 g/mol. The molecule has 0 saturated carbocycles. The maximum atomic E-state index is 13.5. The molecule has 0 bridgehead atoms. The second kappa shape index (κ2) is 7.89. The van der Waals surface area contributed by atoms with Crippen molar-refractivity contribution in [2.45, 2.75) is 19.8 Å². The van der Waals surface area contributed by atoms with Crippen molar-refractivity contribution in [2.24, 2.45) is 5.84 Å². The fourth-order valence-electron chi connectivity index (χ4n) is 3.32. The van der Waals surface area contributed by atoms with Crippen molar-refractivity contribution in [3.8, 4) is 11.3 Å². The molecule has 4 rings (SSSR count). The number of aryl methyl sites for hydroxylation is 1. The maximum absolute atomic E-state index is 13.5. The van der Waals surface area contributed by atoms with Gasteiger partial charge in [0.15, 0.2) is 0 Å². The van der Waals surface area contributed by atoms with E-state index < -0.39 is 0 Å².